The van der Waals surface area contributed by atoms with Crippen LogP contribution in [0.1, 0.15) is 24.0 Å². The first-order valence-corrected chi connectivity index (χ1v) is 5.96. The van der Waals surface area contributed by atoms with Crippen molar-refractivity contribution >= 4 is 12.4 Å². The fourth-order valence-corrected chi connectivity index (χ4v) is 1.39. The lowest BCUT2D eigenvalue weighted by Gasteiger charge is -2.06. The first-order chi connectivity index (χ1) is 9.54. The van der Waals surface area contributed by atoms with E-state index in [1.54, 1.807) is 12.1 Å². The van der Waals surface area contributed by atoms with Crippen LogP contribution in [0.3, 0.4) is 0 Å². The van der Waals surface area contributed by atoms with E-state index in [2.05, 4.69) is 11.8 Å². The maximum atomic E-state index is 12.5. The smallest absolute Gasteiger partial charge is 0.299 e. The molecular formula is C16H13F3O. The van der Waals surface area contributed by atoms with Gasteiger partial charge in [-0.15, -0.1) is 0 Å². The Morgan fingerprint density at radius 1 is 1.25 bits per heavy atom. The molecule has 104 valence electrons. The molecule has 0 radical (unpaired) electrons. The molecule has 0 N–H and O–H groups in total. The highest BCUT2D eigenvalue weighted by molar-refractivity contribution is 5.64. The monoisotopic (exact) mass is 278 g/mol. The number of hydrogen-bond acceptors (Lipinski definition) is 1. The summed E-state index contributed by atoms with van der Waals surface area (Å²) in [5.41, 5.74) is -0.221. The number of benzene rings is 1. The number of allylic oxidation sites excluding steroid dienone is 3. The summed E-state index contributed by atoms with van der Waals surface area (Å²) in [7, 11) is 0. The van der Waals surface area contributed by atoms with Crippen molar-refractivity contribution in [1.82, 2.24) is 0 Å². The van der Waals surface area contributed by atoms with Gasteiger partial charge >= 0.3 is 6.18 Å². The van der Waals surface area contributed by atoms with Gasteiger partial charge in [0.25, 0.3) is 0 Å². The Morgan fingerprint density at radius 3 is 2.75 bits per heavy atom. The van der Waals surface area contributed by atoms with Crippen LogP contribution < -0.4 is 0 Å². The molecule has 0 spiro atoms. The van der Waals surface area contributed by atoms with Crippen LogP contribution in [-0.4, -0.2) is 6.29 Å². The largest absolute Gasteiger partial charge is 0.416 e. The number of halogens is 3. The van der Waals surface area contributed by atoms with Gasteiger partial charge in [-0.3, -0.25) is 4.79 Å². The first kappa shape index (κ1) is 15.8. The van der Waals surface area contributed by atoms with Crippen molar-refractivity contribution in [3.63, 3.8) is 0 Å². The molecular weight excluding hydrogens is 265 g/mol. The average Bonchev–Trinajstić information content (AvgIpc) is 2.41. The number of unbranched alkanes of at least 4 members (excludes halogenated alkanes) is 1. The van der Waals surface area contributed by atoms with Gasteiger partial charge in [0, 0.05) is 6.42 Å². The Labute approximate surface area is 115 Å². The van der Waals surface area contributed by atoms with Gasteiger partial charge in [-0.1, -0.05) is 30.0 Å². The zero-order valence-corrected chi connectivity index (χ0v) is 10.7. The summed E-state index contributed by atoms with van der Waals surface area (Å²) in [6.45, 7) is 0. The van der Waals surface area contributed by atoms with E-state index in [0.29, 0.717) is 24.7 Å². The van der Waals surface area contributed by atoms with E-state index in [0.717, 1.165) is 12.1 Å². The van der Waals surface area contributed by atoms with E-state index in [-0.39, 0.29) is 0 Å². The number of carbonyl (C=O) groups is 1. The van der Waals surface area contributed by atoms with Gasteiger partial charge in [-0.05, 0) is 42.3 Å². The maximum Gasteiger partial charge on any atom is 0.416 e. The summed E-state index contributed by atoms with van der Waals surface area (Å²) in [5, 5.41) is 0. The van der Waals surface area contributed by atoms with Crippen LogP contribution >= 0.6 is 0 Å². The van der Waals surface area contributed by atoms with Crippen molar-refractivity contribution in [2.24, 2.45) is 0 Å². The summed E-state index contributed by atoms with van der Waals surface area (Å²) < 4.78 is 37.4. The van der Waals surface area contributed by atoms with Crippen LogP contribution in [0, 0.1) is 11.8 Å². The molecule has 0 aliphatic carbocycles. The molecule has 0 aliphatic rings. The minimum atomic E-state index is -4.33. The molecule has 0 saturated heterocycles. The molecule has 1 aromatic rings. The number of alkyl halides is 3. The zero-order chi connectivity index (χ0) is 14.8. The van der Waals surface area contributed by atoms with Crippen molar-refractivity contribution in [1.29, 1.82) is 0 Å². The van der Waals surface area contributed by atoms with Crippen molar-refractivity contribution in [3.8, 4) is 11.8 Å². The molecule has 4 heteroatoms. The second kappa shape index (κ2) is 8.00. The average molecular weight is 278 g/mol. The molecule has 0 amide bonds. The predicted octanol–water partition coefficient (Wildman–Crippen LogP) is 4.26. The standard InChI is InChI=1S/C16H13F3O/c17-16(18,19)15-11-8-10-14(13-15)9-6-4-2-1-3-5-7-12-20/h5-13H,1,3H2. The van der Waals surface area contributed by atoms with Crippen molar-refractivity contribution < 1.29 is 18.0 Å². The van der Waals surface area contributed by atoms with Crippen molar-refractivity contribution in [2.45, 2.75) is 19.0 Å². The van der Waals surface area contributed by atoms with Gasteiger partial charge in [-0.25, -0.2) is 0 Å². The third-order valence-corrected chi connectivity index (χ3v) is 2.33. The van der Waals surface area contributed by atoms with Crippen molar-refractivity contribution in [3.05, 3.63) is 53.6 Å². The molecule has 0 aromatic heterocycles. The van der Waals surface area contributed by atoms with E-state index < -0.39 is 11.7 Å². The first-order valence-electron chi connectivity index (χ1n) is 5.96. The summed E-state index contributed by atoms with van der Waals surface area (Å²) in [6.07, 6.45) is 3.78. The van der Waals surface area contributed by atoms with Crippen LogP contribution in [0.4, 0.5) is 13.2 Å². The van der Waals surface area contributed by atoms with Crippen LogP contribution in [0.5, 0.6) is 0 Å². The molecule has 0 bridgehead atoms. The van der Waals surface area contributed by atoms with Gasteiger partial charge in [0.05, 0.1) is 5.56 Å². The van der Waals surface area contributed by atoms with E-state index in [4.69, 9.17) is 0 Å². The Balaban J connectivity index is 2.57. The fourth-order valence-electron chi connectivity index (χ4n) is 1.39. The molecule has 1 rings (SSSR count). The number of rotatable bonds is 4. The maximum absolute atomic E-state index is 12.5. The van der Waals surface area contributed by atoms with Gasteiger partial charge in [-0.2, -0.15) is 13.2 Å². The molecule has 0 fully saturated rings. The van der Waals surface area contributed by atoms with Gasteiger partial charge in [0.1, 0.15) is 6.29 Å². The van der Waals surface area contributed by atoms with E-state index in [9.17, 15) is 18.0 Å². The van der Waals surface area contributed by atoms with Crippen LogP contribution in [0.15, 0.2) is 42.5 Å². The summed E-state index contributed by atoms with van der Waals surface area (Å²) in [5.74, 6) is 5.57. The van der Waals surface area contributed by atoms with Gasteiger partial charge < -0.3 is 0 Å². The van der Waals surface area contributed by atoms with Gasteiger partial charge in [0.15, 0.2) is 0 Å². The second-order valence-corrected chi connectivity index (χ2v) is 3.88. The quantitative estimate of drug-likeness (QED) is 0.348. The lowest BCUT2D eigenvalue weighted by atomic mass is 10.1. The topological polar surface area (TPSA) is 17.1 Å². The predicted molar refractivity (Wildman–Crippen MR) is 72.7 cm³/mol. The minimum absolute atomic E-state index is 0.454. The molecule has 20 heavy (non-hydrogen) atoms. The Hall–Kier alpha value is -2.28. The summed E-state index contributed by atoms with van der Waals surface area (Å²) in [4.78, 5) is 9.98. The molecule has 1 aromatic carbocycles. The van der Waals surface area contributed by atoms with Gasteiger partial charge in [0.2, 0.25) is 0 Å². The van der Waals surface area contributed by atoms with Crippen LogP contribution in [-0.2, 0) is 11.0 Å². The number of hydrogen-bond donors (Lipinski definition) is 0. The summed E-state index contributed by atoms with van der Waals surface area (Å²) in [6, 6.07) is 5.05. The summed E-state index contributed by atoms with van der Waals surface area (Å²) >= 11 is 0. The molecule has 0 heterocycles. The Kier molecular flexibility index (Phi) is 6.31. The second-order valence-electron chi connectivity index (χ2n) is 3.88. The number of carbonyl (C=O) groups excluding carboxylic acids is 1. The minimum Gasteiger partial charge on any atom is -0.299 e. The third-order valence-electron chi connectivity index (χ3n) is 2.33. The Morgan fingerprint density at radius 2 is 2.05 bits per heavy atom. The van der Waals surface area contributed by atoms with Crippen LogP contribution in [0.2, 0.25) is 0 Å². The molecule has 0 aliphatic heterocycles. The normalized spacial score (nSPS) is 11.6. The van der Waals surface area contributed by atoms with E-state index in [1.807, 2.05) is 0 Å². The third kappa shape index (κ3) is 6.05. The molecule has 1 nitrogen and oxygen atoms in total. The zero-order valence-electron chi connectivity index (χ0n) is 10.7. The lowest BCUT2D eigenvalue weighted by molar-refractivity contribution is -0.137. The molecule has 0 atom stereocenters. The lowest BCUT2D eigenvalue weighted by Crippen LogP contribution is -2.04. The highest BCUT2D eigenvalue weighted by Gasteiger charge is 2.30. The number of aldehydes is 1. The van der Waals surface area contributed by atoms with E-state index >= 15 is 0 Å². The van der Waals surface area contributed by atoms with Crippen LogP contribution in [0.25, 0.3) is 6.08 Å². The molecule has 0 unspecified atom stereocenters. The van der Waals surface area contributed by atoms with Crippen molar-refractivity contribution in [2.75, 3.05) is 0 Å². The molecule has 0 saturated carbocycles. The van der Waals surface area contributed by atoms with E-state index in [1.165, 1.54) is 24.3 Å². The highest BCUT2D eigenvalue weighted by atomic mass is 19.4. The SMILES string of the molecule is O=CC=CCCC#CC=Cc1cccc(C(F)(F)F)c1. The Bertz CT molecular complexity index is 557. The fraction of sp³-hybridized carbons (Fsp3) is 0.188. The highest BCUT2D eigenvalue weighted by Crippen LogP contribution is 2.29.